The number of amides is 1. The molecule has 1 fully saturated rings. The maximum absolute atomic E-state index is 11.6. The first-order valence-electron chi connectivity index (χ1n) is 5.93. The van der Waals surface area contributed by atoms with Gasteiger partial charge in [0.25, 0.3) is 0 Å². The maximum Gasteiger partial charge on any atom is 0.307 e. The molecule has 1 aromatic heterocycles. The molecule has 0 unspecified atom stereocenters. The Balaban J connectivity index is 1.77. The highest BCUT2D eigenvalue weighted by molar-refractivity contribution is 5.89. The summed E-state index contributed by atoms with van der Waals surface area (Å²) < 4.78 is 5.02. The van der Waals surface area contributed by atoms with Crippen molar-refractivity contribution in [2.24, 2.45) is 11.8 Å². The lowest BCUT2D eigenvalue weighted by Crippen LogP contribution is -2.28. The second kappa shape index (κ2) is 4.80. The number of carboxylic acid groups (broad SMARTS) is 1. The van der Waals surface area contributed by atoms with Gasteiger partial charge in [0.05, 0.1) is 17.5 Å². The summed E-state index contributed by atoms with van der Waals surface area (Å²) in [5, 5.41) is 15.3. The van der Waals surface area contributed by atoms with Crippen LogP contribution in [-0.2, 0) is 16.0 Å². The van der Waals surface area contributed by atoms with Gasteiger partial charge in [-0.05, 0) is 26.7 Å². The molecule has 0 radical (unpaired) electrons. The number of nitrogens with zero attached hydrogens (tertiary/aromatic N) is 1. The van der Waals surface area contributed by atoms with E-state index in [1.54, 1.807) is 0 Å². The highest BCUT2D eigenvalue weighted by Crippen LogP contribution is 2.38. The second-order valence-electron chi connectivity index (χ2n) is 4.63. The van der Waals surface area contributed by atoms with Crippen LogP contribution in [0, 0.1) is 25.7 Å². The molecule has 2 N–H and O–H groups in total. The van der Waals surface area contributed by atoms with E-state index in [1.165, 1.54) is 0 Å². The molecule has 98 valence electrons. The zero-order chi connectivity index (χ0) is 13.3. The average Bonchev–Trinajstić information content (AvgIpc) is 3.05. The van der Waals surface area contributed by atoms with Crippen molar-refractivity contribution < 1.29 is 19.2 Å². The zero-order valence-corrected chi connectivity index (χ0v) is 10.4. The van der Waals surface area contributed by atoms with Gasteiger partial charge in [0.15, 0.2) is 0 Å². The molecule has 18 heavy (non-hydrogen) atoms. The molecule has 0 aliphatic heterocycles. The molecule has 2 rings (SSSR count). The van der Waals surface area contributed by atoms with Crippen molar-refractivity contribution in [3.8, 4) is 0 Å². The third-order valence-corrected chi connectivity index (χ3v) is 3.30. The predicted molar refractivity (Wildman–Crippen MR) is 61.9 cm³/mol. The fourth-order valence-corrected chi connectivity index (χ4v) is 2.06. The van der Waals surface area contributed by atoms with Crippen LogP contribution in [0.2, 0.25) is 0 Å². The summed E-state index contributed by atoms with van der Waals surface area (Å²) in [6.45, 7) is 4.16. The Morgan fingerprint density at radius 3 is 2.67 bits per heavy atom. The molecule has 6 heteroatoms. The third kappa shape index (κ3) is 2.52. The Bertz CT molecular complexity index is 461. The Hall–Kier alpha value is -1.85. The molecule has 2 atom stereocenters. The Labute approximate surface area is 104 Å². The minimum Gasteiger partial charge on any atom is -0.481 e. The summed E-state index contributed by atoms with van der Waals surface area (Å²) in [6.07, 6.45) is 1.10. The molecule has 1 aromatic rings. The molecule has 1 aliphatic rings. The second-order valence-corrected chi connectivity index (χ2v) is 4.63. The summed E-state index contributed by atoms with van der Waals surface area (Å²) >= 11 is 0. The van der Waals surface area contributed by atoms with Crippen molar-refractivity contribution in [1.82, 2.24) is 10.5 Å². The smallest absolute Gasteiger partial charge is 0.307 e. The average molecular weight is 252 g/mol. The zero-order valence-electron chi connectivity index (χ0n) is 10.4. The SMILES string of the molecule is Cc1noc(C)c1CCNC(=O)[C@@H]1C[C@@H]1C(=O)O. The van der Waals surface area contributed by atoms with Crippen LogP contribution in [0.1, 0.15) is 23.4 Å². The summed E-state index contributed by atoms with van der Waals surface area (Å²) in [4.78, 5) is 22.2. The number of aryl methyl sites for hydroxylation is 2. The first-order valence-corrected chi connectivity index (χ1v) is 5.93. The number of nitrogens with one attached hydrogen (secondary N) is 1. The van der Waals surface area contributed by atoms with Crippen LogP contribution in [0.25, 0.3) is 0 Å². The van der Waals surface area contributed by atoms with Crippen LogP contribution >= 0.6 is 0 Å². The fourth-order valence-electron chi connectivity index (χ4n) is 2.06. The molecule has 0 spiro atoms. The number of aliphatic carboxylic acids is 1. The molecule has 1 amide bonds. The standard InChI is InChI=1S/C12H16N2O4/c1-6-8(7(2)18-14-6)3-4-13-11(15)9-5-10(9)12(16)17/h9-10H,3-5H2,1-2H3,(H,13,15)(H,16,17)/t9-,10+/m1/s1. The lowest BCUT2D eigenvalue weighted by molar-refractivity contribution is -0.140. The fraction of sp³-hybridized carbons (Fsp3) is 0.583. The molecular formula is C12H16N2O4. The minimum absolute atomic E-state index is 0.172. The highest BCUT2D eigenvalue weighted by Gasteiger charge is 2.48. The van der Waals surface area contributed by atoms with E-state index in [0.29, 0.717) is 19.4 Å². The van der Waals surface area contributed by atoms with Crippen molar-refractivity contribution in [1.29, 1.82) is 0 Å². The Morgan fingerprint density at radius 1 is 1.44 bits per heavy atom. The van der Waals surface area contributed by atoms with E-state index in [1.807, 2.05) is 13.8 Å². The molecular weight excluding hydrogens is 236 g/mol. The number of carbonyl (C=O) groups excluding carboxylic acids is 1. The number of hydrogen-bond donors (Lipinski definition) is 2. The first-order chi connectivity index (χ1) is 8.50. The van der Waals surface area contributed by atoms with Gasteiger partial charge in [-0.25, -0.2) is 0 Å². The van der Waals surface area contributed by atoms with E-state index in [-0.39, 0.29) is 11.8 Å². The lowest BCUT2D eigenvalue weighted by atomic mass is 10.1. The summed E-state index contributed by atoms with van der Waals surface area (Å²) in [5.74, 6) is -1.15. The molecule has 0 bridgehead atoms. The van der Waals surface area contributed by atoms with Gasteiger partial charge in [-0.15, -0.1) is 0 Å². The number of carbonyl (C=O) groups is 2. The minimum atomic E-state index is -0.888. The van der Waals surface area contributed by atoms with Gasteiger partial charge in [0.1, 0.15) is 5.76 Å². The van der Waals surface area contributed by atoms with E-state index >= 15 is 0 Å². The number of hydrogen-bond acceptors (Lipinski definition) is 4. The molecule has 0 aromatic carbocycles. The maximum atomic E-state index is 11.6. The van der Waals surface area contributed by atoms with Crippen LogP contribution in [0.15, 0.2) is 4.52 Å². The number of aromatic nitrogens is 1. The van der Waals surface area contributed by atoms with Crippen LogP contribution in [-0.4, -0.2) is 28.7 Å². The predicted octanol–water partition coefficient (Wildman–Crippen LogP) is 0.671. The van der Waals surface area contributed by atoms with Gasteiger partial charge in [-0.1, -0.05) is 5.16 Å². The van der Waals surface area contributed by atoms with Gasteiger partial charge in [0.2, 0.25) is 5.91 Å². The number of carboxylic acids is 1. The molecule has 1 heterocycles. The summed E-state index contributed by atoms with van der Waals surface area (Å²) in [6, 6.07) is 0. The lowest BCUT2D eigenvalue weighted by Gasteiger charge is -2.04. The van der Waals surface area contributed by atoms with E-state index in [9.17, 15) is 9.59 Å². The molecule has 6 nitrogen and oxygen atoms in total. The van der Waals surface area contributed by atoms with Crippen LogP contribution in [0.5, 0.6) is 0 Å². The molecule has 1 aliphatic carbocycles. The van der Waals surface area contributed by atoms with Gasteiger partial charge in [0, 0.05) is 12.1 Å². The van der Waals surface area contributed by atoms with E-state index in [2.05, 4.69) is 10.5 Å². The first kappa shape index (κ1) is 12.6. The molecule has 0 saturated heterocycles. The van der Waals surface area contributed by atoms with Crippen molar-refractivity contribution in [2.45, 2.75) is 26.7 Å². The topological polar surface area (TPSA) is 92.4 Å². The summed E-state index contributed by atoms with van der Waals surface area (Å²) in [5.41, 5.74) is 1.83. The largest absolute Gasteiger partial charge is 0.481 e. The van der Waals surface area contributed by atoms with Gasteiger partial charge < -0.3 is 14.9 Å². The quantitative estimate of drug-likeness (QED) is 0.803. The summed E-state index contributed by atoms with van der Waals surface area (Å²) in [7, 11) is 0. The molecule has 1 saturated carbocycles. The van der Waals surface area contributed by atoms with E-state index < -0.39 is 11.9 Å². The van der Waals surface area contributed by atoms with Crippen molar-refractivity contribution >= 4 is 11.9 Å². The van der Waals surface area contributed by atoms with Gasteiger partial charge in [-0.3, -0.25) is 9.59 Å². The van der Waals surface area contributed by atoms with E-state index in [0.717, 1.165) is 17.0 Å². The Kier molecular flexibility index (Phi) is 3.36. The van der Waals surface area contributed by atoms with E-state index in [4.69, 9.17) is 9.63 Å². The normalized spacial score (nSPS) is 21.7. The van der Waals surface area contributed by atoms with Crippen LogP contribution in [0.4, 0.5) is 0 Å². The number of rotatable bonds is 5. The monoisotopic (exact) mass is 252 g/mol. The van der Waals surface area contributed by atoms with Gasteiger partial charge >= 0.3 is 5.97 Å². The van der Waals surface area contributed by atoms with Crippen LogP contribution < -0.4 is 5.32 Å². The highest BCUT2D eigenvalue weighted by atomic mass is 16.5. The van der Waals surface area contributed by atoms with Crippen molar-refractivity contribution in [2.75, 3.05) is 6.54 Å². The van der Waals surface area contributed by atoms with Crippen molar-refractivity contribution in [3.63, 3.8) is 0 Å². The van der Waals surface area contributed by atoms with Gasteiger partial charge in [-0.2, -0.15) is 0 Å². The Morgan fingerprint density at radius 2 is 2.17 bits per heavy atom. The van der Waals surface area contributed by atoms with Crippen molar-refractivity contribution in [3.05, 3.63) is 17.0 Å². The van der Waals surface area contributed by atoms with Crippen LogP contribution in [0.3, 0.4) is 0 Å². The third-order valence-electron chi connectivity index (χ3n) is 3.30.